The van der Waals surface area contributed by atoms with E-state index in [0.29, 0.717) is 17.5 Å². The summed E-state index contributed by atoms with van der Waals surface area (Å²) in [7, 11) is 0. The molecule has 0 spiro atoms. The van der Waals surface area contributed by atoms with E-state index >= 15 is 0 Å². The highest BCUT2D eigenvalue weighted by atomic mass is 15.0. The molecule has 3 nitrogen and oxygen atoms in total. The maximum absolute atomic E-state index is 5.27. The van der Waals surface area contributed by atoms with Crippen LogP contribution in [0.25, 0.3) is 78.0 Å². The Bertz CT molecular complexity index is 2550. The molecule has 0 atom stereocenters. The van der Waals surface area contributed by atoms with Crippen LogP contribution in [-0.2, 0) is 10.8 Å². The molecule has 3 heteroatoms. The second-order valence-electron chi connectivity index (χ2n) is 15.5. The van der Waals surface area contributed by atoms with Gasteiger partial charge in [0, 0.05) is 16.7 Å². The van der Waals surface area contributed by atoms with Gasteiger partial charge in [0.2, 0.25) is 0 Å². The zero-order valence-corrected chi connectivity index (χ0v) is 30.2. The Hall–Kier alpha value is -5.93. The van der Waals surface area contributed by atoms with Crippen molar-refractivity contribution in [1.29, 1.82) is 0 Å². The number of fused-ring (bicyclic) bond motifs is 3. The lowest BCUT2D eigenvalue weighted by atomic mass is 9.63. The fourth-order valence-corrected chi connectivity index (χ4v) is 8.20. The number of hydrogen-bond acceptors (Lipinski definition) is 3. The van der Waals surface area contributed by atoms with Crippen LogP contribution in [-0.4, -0.2) is 15.0 Å². The number of aromatic nitrogens is 3. The summed E-state index contributed by atoms with van der Waals surface area (Å²) in [6.45, 7) is 9.60. The molecule has 8 aromatic rings. The summed E-state index contributed by atoms with van der Waals surface area (Å²) >= 11 is 0. The van der Waals surface area contributed by atoms with E-state index in [1.54, 1.807) is 0 Å². The lowest BCUT2D eigenvalue weighted by Crippen LogP contribution is -2.33. The lowest BCUT2D eigenvalue weighted by Gasteiger charge is -2.42. The Morgan fingerprint density at radius 2 is 0.731 bits per heavy atom. The average Bonchev–Trinajstić information content (AvgIpc) is 3.19. The Labute approximate surface area is 306 Å². The van der Waals surface area contributed by atoms with Crippen LogP contribution in [0, 0.1) is 0 Å². The van der Waals surface area contributed by atoms with Crippen molar-refractivity contribution in [2.75, 3.05) is 0 Å². The first-order chi connectivity index (χ1) is 25.3. The minimum atomic E-state index is 0.112. The van der Waals surface area contributed by atoms with E-state index in [9.17, 15) is 0 Å². The molecule has 0 unspecified atom stereocenters. The molecular formula is C49H41N3. The molecule has 9 rings (SSSR count). The summed E-state index contributed by atoms with van der Waals surface area (Å²) in [6, 6.07) is 54.0. The van der Waals surface area contributed by atoms with E-state index < -0.39 is 0 Å². The SMILES string of the molecule is CC1(C)CCC(C)(C)c2cc(-c3c4ccccc4c(-c4nc(-c5ccccc5)nc(-c5ccc(-c6ccccc6)cc5)n4)c4ccccc34)ccc21. The van der Waals surface area contributed by atoms with Crippen molar-refractivity contribution in [3.8, 4) is 56.4 Å². The van der Waals surface area contributed by atoms with Gasteiger partial charge >= 0.3 is 0 Å². The van der Waals surface area contributed by atoms with E-state index in [2.05, 4.69) is 155 Å². The number of hydrogen-bond donors (Lipinski definition) is 0. The van der Waals surface area contributed by atoms with Gasteiger partial charge in [0.1, 0.15) is 0 Å². The van der Waals surface area contributed by atoms with Crippen LogP contribution in [0.1, 0.15) is 51.7 Å². The van der Waals surface area contributed by atoms with Crippen LogP contribution >= 0.6 is 0 Å². The van der Waals surface area contributed by atoms with Gasteiger partial charge in [-0.3, -0.25) is 0 Å². The van der Waals surface area contributed by atoms with Gasteiger partial charge in [0.15, 0.2) is 17.5 Å². The number of nitrogens with zero attached hydrogens (tertiary/aromatic N) is 3. The first-order valence-electron chi connectivity index (χ1n) is 18.3. The molecule has 7 aromatic carbocycles. The molecule has 0 aliphatic heterocycles. The Morgan fingerprint density at radius 3 is 1.29 bits per heavy atom. The molecule has 0 saturated heterocycles. The standard InChI is InChI=1S/C49H41N3/c1-48(2)29-30-49(3,4)42-31-36(27-28-41(42)48)43-37-19-11-13-21-39(37)44(40-22-14-12-20-38(40)43)47-51-45(34-17-9-6-10-18-34)50-46(52-47)35-25-23-33(24-26-35)32-15-7-5-8-16-32/h5-28,31H,29-30H2,1-4H3. The van der Waals surface area contributed by atoms with Crippen molar-refractivity contribution in [2.45, 2.75) is 51.4 Å². The van der Waals surface area contributed by atoms with Gasteiger partial charge in [0.25, 0.3) is 0 Å². The van der Waals surface area contributed by atoms with Crippen molar-refractivity contribution in [3.63, 3.8) is 0 Å². The molecule has 1 heterocycles. The van der Waals surface area contributed by atoms with Gasteiger partial charge in [-0.25, -0.2) is 15.0 Å². The fraction of sp³-hybridized carbons (Fsp3) is 0.163. The van der Waals surface area contributed by atoms with Crippen LogP contribution in [0.2, 0.25) is 0 Å². The van der Waals surface area contributed by atoms with Gasteiger partial charge in [-0.05, 0) is 78.6 Å². The highest BCUT2D eigenvalue weighted by Gasteiger charge is 2.37. The maximum Gasteiger partial charge on any atom is 0.165 e. The molecule has 1 aliphatic rings. The van der Waals surface area contributed by atoms with E-state index in [1.807, 2.05) is 24.3 Å². The van der Waals surface area contributed by atoms with Gasteiger partial charge in [-0.1, -0.05) is 179 Å². The van der Waals surface area contributed by atoms with Crippen LogP contribution in [0.4, 0.5) is 0 Å². The van der Waals surface area contributed by atoms with E-state index in [1.165, 1.54) is 51.4 Å². The minimum absolute atomic E-state index is 0.112. The normalized spacial score (nSPS) is 14.7. The molecule has 1 aliphatic carbocycles. The van der Waals surface area contributed by atoms with Crippen molar-refractivity contribution < 1.29 is 0 Å². The third-order valence-electron chi connectivity index (χ3n) is 11.2. The molecule has 0 fully saturated rings. The lowest BCUT2D eigenvalue weighted by molar-refractivity contribution is 0.332. The van der Waals surface area contributed by atoms with Gasteiger partial charge in [-0.2, -0.15) is 0 Å². The quantitative estimate of drug-likeness (QED) is 0.171. The van der Waals surface area contributed by atoms with E-state index in [-0.39, 0.29) is 10.8 Å². The van der Waals surface area contributed by atoms with Gasteiger partial charge in [-0.15, -0.1) is 0 Å². The predicted octanol–water partition coefficient (Wildman–Crippen LogP) is 12.9. The van der Waals surface area contributed by atoms with Crippen molar-refractivity contribution in [1.82, 2.24) is 15.0 Å². The van der Waals surface area contributed by atoms with Gasteiger partial charge < -0.3 is 0 Å². The van der Waals surface area contributed by atoms with Crippen molar-refractivity contribution >= 4 is 21.5 Å². The zero-order valence-electron chi connectivity index (χ0n) is 30.2. The first-order valence-corrected chi connectivity index (χ1v) is 18.3. The Balaban J connectivity index is 1.28. The second-order valence-corrected chi connectivity index (χ2v) is 15.5. The van der Waals surface area contributed by atoms with E-state index in [0.717, 1.165) is 33.0 Å². The molecule has 1 aromatic heterocycles. The van der Waals surface area contributed by atoms with Crippen LogP contribution in [0.3, 0.4) is 0 Å². The molecule has 0 saturated carbocycles. The largest absolute Gasteiger partial charge is 0.208 e. The molecule has 252 valence electrons. The summed E-state index contributed by atoms with van der Waals surface area (Å²) in [6.07, 6.45) is 2.38. The fourth-order valence-electron chi connectivity index (χ4n) is 8.20. The highest BCUT2D eigenvalue weighted by molar-refractivity contribution is 6.20. The minimum Gasteiger partial charge on any atom is -0.208 e. The summed E-state index contributed by atoms with van der Waals surface area (Å²) in [4.78, 5) is 15.6. The summed E-state index contributed by atoms with van der Waals surface area (Å²) in [5, 5.41) is 4.65. The summed E-state index contributed by atoms with van der Waals surface area (Å²) < 4.78 is 0. The van der Waals surface area contributed by atoms with Crippen LogP contribution in [0.5, 0.6) is 0 Å². The zero-order chi connectivity index (χ0) is 35.5. The monoisotopic (exact) mass is 671 g/mol. The Kier molecular flexibility index (Phi) is 7.62. The molecule has 0 N–H and O–H groups in total. The highest BCUT2D eigenvalue weighted by Crippen LogP contribution is 2.49. The summed E-state index contributed by atoms with van der Waals surface area (Å²) in [5.74, 6) is 1.98. The molecule has 52 heavy (non-hydrogen) atoms. The van der Waals surface area contributed by atoms with Crippen molar-refractivity contribution in [2.24, 2.45) is 0 Å². The molecular weight excluding hydrogens is 631 g/mol. The maximum atomic E-state index is 5.27. The molecule has 0 bridgehead atoms. The van der Waals surface area contributed by atoms with Crippen LogP contribution in [0.15, 0.2) is 152 Å². The molecule has 0 radical (unpaired) electrons. The van der Waals surface area contributed by atoms with Crippen LogP contribution < -0.4 is 0 Å². The predicted molar refractivity (Wildman–Crippen MR) is 217 cm³/mol. The smallest absolute Gasteiger partial charge is 0.165 e. The average molecular weight is 672 g/mol. The Morgan fingerprint density at radius 1 is 0.346 bits per heavy atom. The topological polar surface area (TPSA) is 38.7 Å². The molecule has 0 amide bonds. The second kappa shape index (κ2) is 12.4. The van der Waals surface area contributed by atoms with Gasteiger partial charge in [0.05, 0.1) is 0 Å². The number of benzene rings is 7. The summed E-state index contributed by atoms with van der Waals surface area (Å²) in [5.41, 5.74) is 11.0. The first kappa shape index (κ1) is 32.0. The third-order valence-corrected chi connectivity index (χ3v) is 11.2. The third kappa shape index (κ3) is 5.49. The number of rotatable bonds is 5. The van der Waals surface area contributed by atoms with E-state index in [4.69, 9.17) is 15.0 Å². The van der Waals surface area contributed by atoms with Crippen molar-refractivity contribution in [3.05, 3.63) is 163 Å².